The topological polar surface area (TPSA) is 90.9 Å². The Hall–Kier alpha value is -2.57. The van der Waals surface area contributed by atoms with Crippen molar-refractivity contribution in [3.63, 3.8) is 0 Å². The lowest BCUT2D eigenvalue weighted by atomic mass is 9.88. The molecule has 1 atom stereocenters. The fraction of sp³-hybridized carbons (Fsp3) is 0.400. The van der Waals surface area contributed by atoms with Gasteiger partial charge in [-0.15, -0.1) is 0 Å². The first-order valence-corrected chi connectivity index (χ1v) is 6.94. The van der Waals surface area contributed by atoms with E-state index in [1.165, 1.54) is 0 Å². The Morgan fingerprint density at radius 2 is 1.68 bits per heavy atom. The van der Waals surface area contributed by atoms with Crippen molar-refractivity contribution >= 4 is 18.0 Å². The number of ether oxygens (including phenoxy) is 3. The zero-order valence-corrected chi connectivity index (χ0v) is 12.3. The Balaban J connectivity index is 2.50. The van der Waals surface area contributed by atoms with Gasteiger partial charge < -0.3 is 14.2 Å². The van der Waals surface area contributed by atoms with E-state index < -0.39 is 29.7 Å². The van der Waals surface area contributed by atoms with Crippen LogP contribution in [0.15, 0.2) is 30.3 Å². The van der Waals surface area contributed by atoms with E-state index in [1.54, 1.807) is 44.2 Å². The molecule has 1 amide bonds. The van der Waals surface area contributed by atoms with E-state index in [1.807, 2.05) is 0 Å². The molecule has 1 unspecified atom stereocenters. The van der Waals surface area contributed by atoms with Crippen molar-refractivity contribution in [3.8, 4) is 0 Å². The molecule has 0 saturated carbocycles. The van der Waals surface area contributed by atoms with Crippen LogP contribution in [0, 0.1) is 0 Å². The van der Waals surface area contributed by atoms with Gasteiger partial charge in [-0.05, 0) is 19.4 Å². The van der Waals surface area contributed by atoms with Crippen LogP contribution in [0.4, 0.5) is 4.79 Å². The van der Waals surface area contributed by atoms with E-state index >= 15 is 0 Å². The Bertz CT molecular complexity index is 553. The van der Waals surface area contributed by atoms with Crippen molar-refractivity contribution in [2.24, 2.45) is 0 Å². The normalized spacial score (nSPS) is 19.0. The van der Waals surface area contributed by atoms with E-state index in [0.29, 0.717) is 5.56 Å². The zero-order valence-electron chi connectivity index (χ0n) is 12.3. The number of hydrogen-bond acceptors (Lipinski definition) is 6. The van der Waals surface area contributed by atoms with Gasteiger partial charge in [-0.2, -0.15) is 0 Å². The third kappa shape index (κ3) is 2.61. The summed E-state index contributed by atoms with van der Waals surface area (Å²) in [6.45, 7) is 3.31. The van der Waals surface area contributed by atoms with E-state index in [-0.39, 0.29) is 13.2 Å². The largest absolute Gasteiger partial charge is 0.464 e. The number of carbonyl (C=O) groups excluding carboxylic acids is 3. The highest BCUT2D eigenvalue weighted by molar-refractivity contribution is 6.09. The maximum atomic E-state index is 12.4. The molecule has 1 aromatic carbocycles. The van der Waals surface area contributed by atoms with Crippen LogP contribution in [0.1, 0.15) is 25.5 Å². The summed E-state index contributed by atoms with van der Waals surface area (Å²) in [5.41, 5.74) is -1.55. The zero-order chi connectivity index (χ0) is 16.2. The minimum Gasteiger partial charge on any atom is -0.464 e. The molecule has 0 aromatic heterocycles. The Kier molecular flexibility index (Phi) is 4.65. The number of rotatable bonds is 5. The minimum atomic E-state index is -2.04. The molecule has 7 heteroatoms. The second kappa shape index (κ2) is 6.46. The molecule has 1 N–H and O–H groups in total. The van der Waals surface area contributed by atoms with Crippen molar-refractivity contribution < 1.29 is 28.6 Å². The molecule has 0 bridgehead atoms. The number of hydrogen-bond donors (Lipinski definition) is 1. The Labute approximate surface area is 127 Å². The SMILES string of the molecule is CCOC(=O)C1(C(=O)OCC)NC(=O)OC1c1ccccc1. The van der Waals surface area contributed by atoms with Crippen molar-refractivity contribution in [1.29, 1.82) is 0 Å². The van der Waals surface area contributed by atoms with Gasteiger partial charge in [-0.25, -0.2) is 14.4 Å². The molecular weight excluding hydrogens is 290 g/mol. The van der Waals surface area contributed by atoms with Gasteiger partial charge in [-0.1, -0.05) is 30.3 Å². The molecule has 1 aliphatic heterocycles. The molecule has 0 spiro atoms. The third-order valence-corrected chi connectivity index (χ3v) is 3.21. The average Bonchev–Trinajstić information content (AvgIpc) is 2.87. The van der Waals surface area contributed by atoms with Crippen molar-refractivity contribution in [2.75, 3.05) is 13.2 Å². The summed E-state index contributed by atoms with van der Waals surface area (Å²) < 4.78 is 15.1. The third-order valence-electron chi connectivity index (χ3n) is 3.21. The molecule has 0 radical (unpaired) electrons. The van der Waals surface area contributed by atoms with Crippen LogP contribution in [0.2, 0.25) is 0 Å². The summed E-state index contributed by atoms with van der Waals surface area (Å²) in [6, 6.07) is 8.49. The van der Waals surface area contributed by atoms with Crippen molar-refractivity contribution in [2.45, 2.75) is 25.5 Å². The molecule has 1 aliphatic rings. The number of cyclic esters (lactones) is 1. The first-order valence-electron chi connectivity index (χ1n) is 6.94. The average molecular weight is 307 g/mol. The monoisotopic (exact) mass is 307 g/mol. The second-order valence-corrected chi connectivity index (χ2v) is 4.57. The molecule has 0 aliphatic carbocycles. The van der Waals surface area contributed by atoms with Gasteiger partial charge >= 0.3 is 18.0 Å². The molecule has 7 nitrogen and oxygen atoms in total. The summed E-state index contributed by atoms with van der Waals surface area (Å²) >= 11 is 0. The molecular formula is C15H17NO6. The Morgan fingerprint density at radius 1 is 1.14 bits per heavy atom. The standard InChI is InChI=1S/C15H17NO6/c1-3-20-12(17)15(13(18)21-4-2)11(22-14(19)16-15)10-8-6-5-7-9-10/h5-9,11H,3-4H2,1-2H3,(H,16,19). The highest BCUT2D eigenvalue weighted by atomic mass is 16.6. The molecule has 1 fully saturated rings. The summed E-state index contributed by atoms with van der Waals surface area (Å²) in [6.07, 6.45) is -2.03. The highest BCUT2D eigenvalue weighted by Gasteiger charge is 2.63. The van der Waals surface area contributed by atoms with Crippen LogP contribution in [-0.2, 0) is 23.8 Å². The fourth-order valence-electron chi connectivity index (χ4n) is 2.29. The summed E-state index contributed by atoms with van der Waals surface area (Å²) in [5, 5.41) is 2.27. The van der Waals surface area contributed by atoms with Crippen LogP contribution in [0.3, 0.4) is 0 Å². The molecule has 118 valence electrons. The molecule has 1 saturated heterocycles. The van der Waals surface area contributed by atoms with Gasteiger partial charge in [0.25, 0.3) is 5.54 Å². The minimum absolute atomic E-state index is 0.0529. The lowest BCUT2D eigenvalue weighted by Gasteiger charge is -2.27. The van der Waals surface area contributed by atoms with Crippen LogP contribution >= 0.6 is 0 Å². The van der Waals surface area contributed by atoms with E-state index in [2.05, 4.69) is 5.32 Å². The lowest BCUT2D eigenvalue weighted by Crippen LogP contribution is -2.59. The van der Waals surface area contributed by atoms with Crippen LogP contribution in [0.5, 0.6) is 0 Å². The van der Waals surface area contributed by atoms with E-state index in [4.69, 9.17) is 14.2 Å². The maximum Gasteiger partial charge on any atom is 0.409 e. The van der Waals surface area contributed by atoms with Gasteiger partial charge in [-0.3, -0.25) is 5.32 Å². The van der Waals surface area contributed by atoms with Crippen LogP contribution in [-0.4, -0.2) is 36.8 Å². The second-order valence-electron chi connectivity index (χ2n) is 4.57. The predicted octanol–water partition coefficient (Wildman–Crippen LogP) is 1.33. The first-order chi connectivity index (χ1) is 10.6. The summed E-state index contributed by atoms with van der Waals surface area (Å²) in [4.78, 5) is 36.5. The number of nitrogens with one attached hydrogen (secondary N) is 1. The van der Waals surface area contributed by atoms with Crippen LogP contribution < -0.4 is 5.32 Å². The smallest absolute Gasteiger partial charge is 0.409 e. The number of benzene rings is 1. The molecule has 1 aromatic rings. The van der Waals surface area contributed by atoms with E-state index in [0.717, 1.165) is 0 Å². The lowest BCUT2D eigenvalue weighted by molar-refractivity contribution is -0.168. The van der Waals surface area contributed by atoms with Crippen LogP contribution in [0.25, 0.3) is 0 Å². The van der Waals surface area contributed by atoms with Crippen molar-refractivity contribution in [1.82, 2.24) is 5.32 Å². The van der Waals surface area contributed by atoms with E-state index in [9.17, 15) is 14.4 Å². The number of alkyl carbamates (subject to hydrolysis) is 1. The molecule has 22 heavy (non-hydrogen) atoms. The Morgan fingerprint density at radius 3 is 2.18 bits per heavy atom. The van der Waals surface area contributed by atoms with Gasteiger partial charge in [0.2, 0.25) is 0 Å². The quantitative estimate of drug-likeness (QED) is 0.501. The van der Waals surface area contributed by atoms with Gasteiger partial charge in [0.15, 0.2) is 6.10 Å². The molecule has 2 rings (SSSR count). The fourth-order valence-corrected chi connectivity index (χ4v) is 2.29. The summed E-state index contributed by atoms with van der Waals surface area (Å²) in [5.74, 6) is -1.82. The predicted molar refractivity (Wildman–Crippen MR) is 74.8 cm³/mol. The van der Waals surface area contributed by atoms with Crippen molar-refractivity contribution in [3.05, 3.63) is 35.9 Å². The van der Waals surface area contributed by atoms with Gasteiger partial charge in [0.1, 0.15) is 0 Å². The number of esters is 2. The van der Waals surface area contributed by atoms with Gasteiger partial charge in [0.05, 0.1) is 13.2 Å². The number of carbonyl (C=O) groups is 3. The number of amides is 1. The highest BCUT2D eigenvalue weighted by Crippen LogP contribution is 2.37. The molecule has 1 heterocycles. The summed E-state index contributed by atoms with van der Waals surface area (Å²) in [7, 11) is 0. The first kappa shape index (κ1) is 15.8. The maximum absolute atomic E-state index is 12.4. The van der Waals surface area contributed by atoms with Gasteiger partial charge in [0, 0.05) is 0 Å².